The number of hydrogen-bond donors (Lipinski definition) is 1. The van der Waals surface area contributed by atoms with Crippen LogP contribution in [0.1, 0.15) is 26.7 Å². The van der Waals surface area contributed by atoms with Gasteiger partial charge in [0.05, 0.1) is 0 Å². The fourth-order valence-electron chi connectivity index (χ4n) is 0.813. The summed E-state index contributed by atoms with van der Waals surface area (Å²) in [6, 6.07) is 0. The van der Waals surface area contributed by atoms with Gasteiger partial charge >= 0.3 is 0 Å². The van der Waals surface area contributed by atoms with Crippen LogP contribution in [0.4, 0.5) is 0 Å². The van der Waals surface area contributed by atoms with Crippen molar-refractivity contribution in [3.8, 4) is 0 Å². The highest BCUT2D eigenvalue weighted by atomic mass is 14.8. The van der Waals surface area contributed by atoms with Crippen LogP contribution >= 0.6 is 0 Å². The summed E-state index contributed by atoms with van der Waals surface area (Å²) in [5.74, 6) is 0. The lowest BCUT2D eigenvalue weighted by molar-refractivity contribution is 0.885. The van der Waals surface area contributed by atoms with Gasteiger partial charge in [0.2, 0.25) is 0 Å². The van der Waals surface area contributed by atoms with E-state index in [2.05, 4.69) is 31.8 Å². The summed E-state index contributed by atoms with van der Waals surface area (Å²) >= 11 is 0. The molecular formula is C9H17N. The third-order valence-electron chi connectivity index (χ3n) is 1.36. The maximum atomic E-state index is 3.56. The Morgan fingerprint density at radius 1 is 1.60 bits per heavy atom. The molecule has 0 rings (SSSR count). The highest BCUT2D eigenvalue weighted by molar-refractivity contribution is 4.99. The highest BCUT2D eigenvalue weighted by Crippen LogP contribution is 2.00. The molecule has 10 heavy (non-hydrogen) atoms. The van der Waals surface area contributed by atoms with Gasteiger partial charge in [-0.1, -0.05) is 31.6 Å². The zero-order valence-electron chi connectivity index (χ0n) is 6.98. The summed E-state index contributed by atoms with van der Waals surface area (Å²) < 4.78 is 0. The summed E-state index contributed by atoms with van der Waals surface area (Å²) in [7, 11) is 0. The lowest BCUT2D eigenvalue weighted by Gasteiger charge is -1.97. The van der Waals surface area contributed by atoms with Crippen molar-refractivity contribution in [2.24, 2.45) is 0 Å². The van der Waals surface area contributed by atoms with Crippen molar-refractivity contribution in [1.82, 2.24) is 5.32 Å². The first-order valence-electron chi connectivity index (χ1n) is 3.81. The molecule has 0 aromatic rings. The Balaban J connectivity index is 3.36. The van der Waals surface area contributed by atoms with E-state index in [4.69, 9.17) is 0 Å². The standard InChI is InChI=1S/C9H17N/c1-4-6-9(3)7-8-10-5-2/h5,7,10H,2,4,6,8H2,1,3H3/b9-7-. The predicted octanol–water partition coefficient (Wildman–Crippen LogP) is 2.47. The van der Waals surface area contributed by atoms with Crippen molar-refractivity contribution in [3.63, 3.8) is 0 Å². The first-order chi connectivity index (χ1) is 4.81. The van der Waals surface area contributed by atoms with E-state index >= 15 is 0 Å². The minimum absolute atomic E-state index is 0.912. The van der Waals surface area contributed by atoms with Gasteiger partial charge in [-0.25, -0.2) is 0 Å². The summed E-state index contributed by atoms with van der Waals surface area (Å²) in [5, 5.41) is 3.03. The maximum Gasteiger partial charge on any atom is 0.0327 e. The molecule has 0 heterocycles. The molecule has 0 aliphatic heterocycles. The molecule has 0 spiro atoms. The van der Waals surface area contributed by atoms with Gasteiger partial charge in [-0.05, 0) is 19.5 Å². The number of rotatable bonds is 5. The van der Waals surface area contributed by atoms with Crippen LogP contribution in [0.3, 0.4) is 0 Å². The van der Waals surface area contributed by atoms with E-state index in [9.17, 15) is 0 Å². The molecule has 0 fully saturated rings. The van der Waals surface area contributed by atoms with Crippen molar-refractivity contribution >= 4 is 0 Å². The average molecular weight is 139 g/mol. The van der Waals surface area contributed by atoms with Crippen LogP contribution in [0.15, 0.2) is 24.4 Å². The van der Waals surface area contributed by atoms with Crippen LogP contribution in [0.25, 0.3) is 0 Å². The van der Waals surface area contributed by atoms with Crippen molar-refractivity contribution in [2.45, 2.75) is 26.7 Å². The minimum atomic E-state index is 0.912. The first kappa shape index (κ1) is 9.28. The van der Waals surface area contributed by atoms with Crippen LogP contribution in [-0.2, 0) is 0 Å². The number of nitrogens with one attached hydrogen (secondary N) is 1. The molecule has 1 N–H and O–H groups in total. The first-order valence-corrected chi connectivity index (χ1v) is 3.81. The minimum Gasteiger partial charge on any atom is -0.388 e. The van der Waals surface area contributed by atoms with Crippen LogP contribution in [-0.4, -0.2) is 6.54 Å². The van der Waals surface area contributed by atoms with Gasteiger partial charge in [0.15, 0.2) is 0 Å². The average Bonchev–Trinajstić information content (AvgIpc) is 1.89. The zero-order valence-corrected chi connectivity index (χ0v) is 6.98. The topological polar surface area (TPSA) is 12.0 Å². The molecule has 0 bridgehead atoms. The SMILES string of the molecule is C=CNC/C=C(/C)CCC. The van der Waals surface area contributed by atoms with Gasteiger partial charge in [-0.15, -0.1) is 0 Å². The van der Waals surface area contributed by atoms with E-state index < -0.39 is 0 Å². The molecule has 0 aliphatic carbocycles. The van der Waals surface area contributed by atoms with Crippen LogP contribution in [0, 0.1) is 0 Å². The van der Waals surface area contributed by atoms with Gasteiger partial charge < -0.3 is 5.32 Å². The van der Waals surface area contributed by atoms with Crippen molar-refractivity contribution in [2.75, 3.05) is 6.54 Å². The molecule has 1 nitrogen and oxygen atoms in total. The zero-order chi connectivity index (χ0) is 7.82. The molecule has 0 saturated heterocycles. The fraction of sp³-hybridized carbons (Fsp3) is 0.556. The molecular weight excluding hydrogens is 122 g/mol. The van der Waals surface area contributed by atoms with Crippen LogP contribution in [0.5, 0.6) is 0 Å². The molecule has 0 aliphatic rings. The van der Waals surface area contributed by atoms with Gasteiger partial charge in [-0.2, -0.15) is 0 Å². The van der Waals surface area contributed by atoms with Gasteiger partial charge in [0.1, 0.15) is 0 Å². The third-order valence-corrected chi connectivity index (χ3v) is 1.36. The third kappa shape index (κ3) is 5.42. The second-order valence-electron chi connectivity index (χ2n) is 2.41. The van der Waals surface area contributed by atoms with Crippen molar-refractivity contribution in [3.05, 3.63) is 24.4 Å². The Morgan fingerprint density at radius 2 is 2.30 bits per heavy atom. The largest absolute Gasteiger partial charge is 0.388 e. The Kier molecular flexibility index (Phi) is 5.94. The molecule has 0 atom stereocenters. The van der Waals surface area contributed by atoms with E-state index in [-0.39, 0.29) is 0 Å². The van der Waals surface area contributed by atoms with E-state index in [0.717, 1.165) is 6.54 Å². The van der Waals surface area contributed by atoms with Crippen molar-refractivity contribution < 1.29 is 0 Å². The highest BCUT2D eigenvalue weighted by Gasteiger charge is 1.83. The quantitative estimate of drug-likeness (QED) is 0.455. The molecule has 0 aromatic carbocycles. The maximum absolute atomic E-state index is 3.56. The van der Waals surface area contributed by atoms with E-state index in [1.807, 2.05) is 0 Å². The van der Waals surface area contributed by atoms with Crippen LogP contribution in [0.2, 0.25) is 0 Å². The van der Waals surface area contributed by atoms with Gasteiger partial charge in [0.25, 0.3) is 0 Å². The van der Waals surface area contributed by atoms with E-state index in [1.165, 1.54) is 18.4 Å². The number of allylic oxidation sites excluding steroid dienone is 1. The van der Waals surface area contributed by atoms with Gasteiger partial charge in [-0.3, -0.25) is 0 Å². The summed E-state index contributed by atoms with van der Waals surface area (Å²) in [4.78, 5) is 0. The van der Waals surface area contributed by atoms with Crippen LogP contribution < -0.4 is 5.32 Å². The molecule has 58 valence electrons. The fourth-order valence-corrected chi connectivity index (χ4v) is 0.813. The normalized spacial score (nSPS) is 11.2. The van der Waals surface area contributed by atoms with Gasteiger partial charge in [0, 0.05) is 6.54 Å². The molecule has 0 saturated carbocycles. The molecule has 1 heteroatoms. The summed E-state index contributed by atoms with van der Waals surface area (Å²) in [6.07, 6.45) is 6.36. The second-order valence-corrected chi connectivity index (χ2v) is 2.41. The molecule has 0 unspecified atom stereocenters. The monoisotopic (exact) mass is 139 g/mol. The van der Waals surface area contributed by atoms with E-state index in [0.29, 0.717) is 0 Å². The van der Waals surface area contributed by atoms with E-state index in [1.54, 1.807) is 6.20 Å². The van der Waals surface area contributed by atoms with Crippen molar-refractivity contribution in [1.29, 1.82) is 0 Å². The predicted molar refractivity (Wildman–Crippen MR) is 46.9 cm³/mol. The lowest BCUT2D eigenvalue weighted by atomic mass is 10.2. The second kappa shape index (κ2) is 6.40. The molecule has 0 aromatic heterocycles. The Labute approximate surface area is 63.8 Å². The Hall–Kier alpha value is -0.720. The summed E-state index contributed by atoms with van der Waals surface area (Å²) in [5.41, 5.74) is 1.46. The Morgan fingerprint density at radius 3 is 2.80 bits per heavy atom. The molecule has 0 radical (unpaired) electrons. The smallest absolute Gasteiger partial charge is 0.0327 e. The summed E-state index contributed by atoms with van der Waals surface area (Å²) in [6.45, 7) is 8.83. The Bertz CT molecular complexity index is 114. The molecule has 0 amide bonds. The lowest BCUT2D eigenvalue weighted by Crippen LogP contribution is -2.03. The number of hydrogen-bond acceptors (Lipinski definition) is 1.